The van der Waals surface area contributed by atoms with Gasteiger partial charge in [0.25, 0.3) is 0 Å². The van der Waals surface area contributed by atoms with E-state index in [0.717, 1.165) is 38.9 Å². The number of piperidine rings is 1. The van der Waals surface area contributed by atoms with Crippen LogP contribution in [0.4, 0.5) is 11.6 Å². The maximum Gasteiger partial charge on any atom is 0.244 e. The second-order valence-corrected chi connectivity index (χ2v) is 7.41. The lowest BCUT2D eigenvalue weighted by atomic mass is 10.0. The van der Waals surface area contributed by atoms with Crippen molar-refractivity contribution in [3.8, 4) is 5.88 Å². The van der Waals surface area contributed by atoms with E-state index in [-0.39, 0.29) is 18.0 Å². The first-order chi connectivity index (χ1) is 13.7. The lowest BCUT2D eigenvalue weighted by Crippen LogP contribution is -2.50. The maximum absolute atomic E-state index is 13.1. The molecule has 28 heavy (non-hydrogen) atoms. The highest BCUT2D eigenvalue weighted by molar-refractivity contribution is 5.86. The minimum Gasteiger partial charge on any atom is -0.481 e. The van der Waals surface area contributed by atoms with Gasteiger partial charge in [0.2, 0.25) is 17.7 Å². The number of likely N-dealkylation sites (tertiary alicyclic amines) is 1. The highest BCUT2D eigenvalue weighted by Crippen LogP contribution is 2.30. The summed E-state index contributed by atoms with van der Waals surface area (Å²) in [6.07, 6.45) is 4.47. The van der Waals surface area contributed by atoms with Gasteiger partial charge in [-0.1, -0.05) is 18.2 Å². The number of aromatic nitrogens is 2. The van der Waals surface area contributed by atoms with Gasteiger partial charge in [0.1, 0.15) is 6.04 Å². The number of carbonyl (C=O) groups is 1. The Balaban J connectivity index is 1.33. The number of rotatable bonds is 5. The third kappa shape index (κ3) is 3.74. The first-order valence-corrected chi connectivity index (χ1v) is 9.92. The number of hydrogen-bond acceptors (Lipinski definition) is 6. The van der Waals surface area contributed by atoms with Gasteiger partial charge in [0, 0.05) is 43.6 Å². The van der Waals surface area contributed by atoms with Crippen LogP contribution in [0.5, 0.6) is 5.88 Å². The number of hydrogen-bond donors (Lipinski definition) is 1. The van der Waals surface area contributed by atoms with Crippen molar-refractivity contribution in [3.05, 3.63) is 42.1 Å². The highest BCUT2D eigenvalue weighted by Gasteiger charge is 2.32. The van der Waals surface area contributed by atoms with Gasteiger partial charge in [0.15, 0.2) is 0 Å². The summed E-state index contributed by atoms with van der Waals surface area (Å²) < 4.78 is 5.14. The van der Waals surface area contributed by atoms with Crippen molar-refractivity contribution in [1.82, 2.24) is 14.9 Å². The summed E-state index contributed by atoms with van der Waals surface area (Å²) in [5.41, 5.74) is 2.54. The highest BCUT2D eigenvalue weighted by atomic mass is 16.5. The molecule has 1 fully saturated rings. The van der Waals surface area contributed by atoms with Gasteiger partial charge in [0.05, 0.1) is 7.11 Å². The van der Waals surface area contributed by atoms with Crippen LogP contribution in [0.25, 0.3) is 0 Å². The summed E-state index contributed by atoms with van der Waals surface area (Å²) in [6, 6.07) is 10.3. The van der Waals surface area contributed by atoms with Gasteiger partial charge in [-0.25, -0.2) is 4.98 Å². The summed E-state index contributed by atoms with van der Waals surface area (Å²) in [4.78, 5) is 25.9. The van der Waals surface area contributed by atoms with Crippen LogP contribution in [0.1, 0.15) is 25.3 Å². The van der Waals surface area contributed by atoms with E-state index in [1.807, 2.05) is 17.9 Å². The van der Waals surface area contributed by atoms with Crippen LogP contribution in [0.3, 0.4) is 0 Å². The molecule has 0 unspecified atom stereocenters. The van der Waals surface area contributed by atoms with Crippen molar-refractivity contribution in [2.45, 2.75) is 38.3 Å². The third-order valence-corrected chi connectivity index (χ3v) is 5.73. The number of nitrogens with one attached hydrogen (secondary N) is 1. The molecule has 2 aliphatic heterocycles. The van der Waals surface area contributed by atoms with E-state index in [4.69, 9.17) is 4.74 Å². The van der Waals surface area contributed by atoms with Gasteiger partial charge < -0.3 is 19.9 Å². The monoisotopic (exact) mass is 381 g/mol. The first-order valence-electron chi connectivity index (χ1n) is 9.92. The standard InChI is InChI=1S/C21H27N5O2/c1-15(26-14-8-16-5-3-4-6-18(16)26)20(27)25-12-9-17(10-13-25)23-21-22-11-7-19(24-21)28-2/h3-7,11,15,17H,8-10,12-14H2,1-2H3,(H,22,23,24)/t15-/m0/s1. The Morgan fingerprint density at radius 3 is 2.79 bits per heavy atom. The zero-order valence-electron chi connectivity index (χ0n) is 16.5. The molecule has 148 valence electrons. The minimum absolute atomic E-state index is 0.130. The van der Waals surface area contributed by atoms with Crippen molar-refractivity contribution in [2.75, 3.05) is 37.0 Å². The van der Waals surface area contributed by atoms with Crippen LogP contribution in [0.15, 0.2) is 36.5 Å². The molecule has 1 aromatic heterocycles. The fraction of sp³-hybridized carbons (Fsp3) is 0.476. The second-order valence-electron chi connectivity index (χ2n) is 7.41. The molecule has 1 atom stereocenters. The first kappa shape index (κ1) is 18.5. The number of fused-ring (bicyclic) bond motifs is 1. The molecule has 0 saturated carbocycles. The Labute approximate surface area is 165 Å². The SMILES string of the molecule is COc1ccnc(NC2CCN(C(=O)[C@H](C)N3CCc4ccccc43)CC2)n1. The van der Waals surface area contributed by atoms with Crippen LogP contribution in [-0.4, -0.2) is 59.6 Å². The van der Waals surface area contributed by atoms with E-state index in [0.29, 0.717) is 11.8 Å². The van der Waals surface area contributed by atoms with Crippen molar-refractivity contribution in [2.24, 2.45) is 0 Å². The average Bonchev–Trinajstić information content (AvgIpc) is 3.17. The van der Waals surface area contributed by atoms with E-state index in [9.17, 15) is 4.79 Å². The number of nitrogens with zero attached hydrogens (tertiary/aromatic N) is 4. The Kier molecular flexibility index (Phi) is 5.32. The average molecular weight is 381 g/mol. The van der Waals surface area contributed by atoms with E-state index >= 15 is 0 Å². The zero-order chi connectivity index (χ0) is 19.5. The van der Waals surface area contributed by atoms with E-state index < -0.39 is 0 Å². The summed E-state index contributed by atoms with van der Waals surface area (Å²) >= 11 is 0. The van der Waals surface area contributed by atoms with Crippen molar-refractivity contribution < 1.29 is 9.53 Å². The zero-order valence-corrected chi connectivity index (χ0v) is 16.5. The summed E-state index contributed by atoms with van der Waals surface area (Å²) in [7, 11) is 1.59. The predicted octanol–water partition coefficient (Wildman–Crippen LogP) is 2.34. The smallest absolute Gasteiger partial charge is 0.244 e. The van der Waals surface area contributed by atoms with Crippen LogP contribution < -0.4 is 15.0 Å². The molecule has 3 heterocycles. The number of para-hydroxylation sites is 1. The molecule has 0 radical (unpaired) electrons. The molecule has 4 rings (SSSR count). The Bertz CT molecular complexity index is 835. The molecule has 0 aliphatic carbocycles. The van der Waals surface area contributed by atoms with Crippen LogP contribution >= 0.6 is 0 Å². The van der Waals surface area contributed by atoms with Gasteiger partial charge in [-0.15, -0.1) is 0 Å². The van der Waals surface area contributed by atoms with Crippen molar-refractivity contribution >= 4 is 17.5 Å². The van der Waals surface area contributed by atoms with Crippen LogP contribution in [0, 0.1) is 0 Å². The Morgan fingerprint density at radius 2 is 2.00 bits per heavy atom. The van der Waals surface area contributed by atoms with E-state index in [1.54, 1.807) is 19.4 Å². The number of anilines is 2. The Morgan fingerprint density at radius 1 is 1.21 bits per heavy atom. The lowest BCUT2D eigenvalue weighted by molar-refractivity contribution is -0.133. The topological polar surface area (TPSA) is 70.6 Å². The van der Waals surface area contributed by atoms with Gasteiger partial charge in [-0.2, -0.15) is 4.98 Å². The third-order valence-electron chi connectivity index (χ3n) is 5.73. The molecule has 2 aliphatic rings. The van der Waals surface area contributed by atoms with Gasteiger partial charge >= 0.3 is 0 Å². The minimum atomic E-state index is -0.130. The number of amides is 1. The predicted molar refractivity (Wildman–Crippen MR) is 109 cm³/mol. The maximum atomic E-state index is 13.1. The van der Waals surface area contributed by atoms with Crippen molar-refractivity contribution in [1.29, 1.82) is 0 Å². The molecule has 1 amide bonds. The molecule has 0 bridgehead atoms. The number of methoxy groups -OCH3 is 1. The molecule has 1 aromatic carbocycles. The van der Waals surface area contributed by atoms with Crippen LogP contribution in [-0.2, 0) is 11.2 Å². The number of benzene rings is 1. The molecule has 1 N–H and O–H groups in total. The molecule has 7 nitrogen and oxygen atoms in total. The van der Waals surface area contributed by atoms with Gasteiger partial charge in [-0.3, -0.25) is 4.79 Å². The molecule has 1 saturated heterocycles. The van der Waals surface area contributed by atoms with E-state index in [1.165, 1.54) is 11.3 Å². The fourth-order valence-electron chi connectivity index (χ4n) is 4.12. The number of ether oxygens (including phenoxy) is 1. The molecular formula is C21H27N5O2. The summed E-state index contributed by atoms with van der Waals surface area (Å²) in [5.74, 6) is 1.34. The quantitative estimate of drug-likeness (QED) is 0.857. The lowest BCUT2D eigenvalue weighted by Gasteiger charge is -2.36. The fourth-order valence-corrected chi connectivity index (χ4v) is 4.12. The molecule has 7 heteroatoms. The summed E-state index contributed by atoms with van der Waals surface area (Å²) in [5, 5.41) is 3.36. The van der Waals surface area contributed by atoms with Gasteiger partial charge in [-0.05, 0) is 37.8 Å². The normalized spacial score (nSPS) is 17.9. The van der Waals surface area contributed by atoms with Crippen LogP contribution in [0.2, 0.25) is 0 Å². The molecule has 2 aromatic rings. The second kappa shape index (κ2) is 8.04. The largest absolute Gasteiger partial charge is 0.481 e. The molecular weight excluding hydrogens is 354 g/mol. The Hall–Kier alpha value is -2.83. The van der Waals surface area contributed by atoms with Crippen molar-refractivity contribution in [3.63, 3.8) is 0 Å². The number of carbonyl (C=O) groups excluding carboxylic acids is 1. The summed E-state index contributed by atoms with van der Waals surface area (Å²) in [6.45, 7) is 4.44. The van der Waals surface area contributed by atoms with E-state index in [2.05, 4.69) is 38.4 Å². The molecule has 0 spiro atoms.